The zero-order valence-corrected chi connectivity index (χ0v) is 13.2. The van der Waals surface area contributed by atoms with Crippen LogP contribution in [0.1, 0.15) is 15.9 Å². The number of nitrogens with one attached hydrogen (secondary N) is 2. The van der Waals surface area contributed by atoms with Crippen LogP contribution in [0.3, 0.4) is 0 Å². The summed E-state index contributed by atoms with van der Waals surface area (Å²) in [5.74, 6) is -1.57. The van der Waals surface area contributed by atoms with E-state index >= 15 is 0 Å². The third-order valence-electron chi connectivity index (χ3n) is 3.08. The maximum atomic E-state index is 13.5. The van der Waals surface area contributed by atoms with Gasteiger partial charge < -0.3 is 9.47 Å². The van der Waals surface area contributed by atoms with Crippen LogP contribution in [0.4, 0.5) is 4.39 Å². The van der Waals surface area contributed by atoms with Crippen LogP contribution >= 0.6 is 0 Å². The third kappa shape index (κ3) is 4.94. The molecule has 7 nitrogen and oxygen atoms in total. The maximum absolute atomic E-state index is 13.5. The molecule has 0 heterocycles. The van der Waals surface area contributed by atoms with E-state index in [0.717, 1.165) is 6.07 Å². The summed E-state index contributed by atoms with van der Waals surface area (Å²) in [4.78, 5) is 23.5. The van der Waals surface area contributed by atoms with Crippen molar-refractivity contribution in [1.29, 1.82) is 5.26 Å². The number of hydrogen-bond acceptors (Lipinski definition) is 5. The summed E-state index contributed by atoms with van der Waals surface area (Å²) in [6.45, 7) is -0.344. The molecular formula is C17H14FN3O4. The molecule has 2 amide bonds. The van der Waals surface area contributed by atoms with Crippen molar-refractivity contribution < 1.29 is 23.5 Å². The molecule has 0 unspecified atom stereocenters. The van der Waals surface area contributed by atoms with E-state index in [1.165, 1.54) is 19.2 Å². The summed E-state index contributed by atoms with van der Waals surface area (Å²) in [5.41, 5.74) is 4.79. The fourth-order valence-corrected chi connectivity index (χ4v) is 1.82. The molecule has 0 saturated carbocycles. The van der Waals surface area contributed by atoms with Crippen molar-refractivity contribution in [3.63, 3.8) is 0 Å². The summed E-state index contributed by atoms with van der Waals surface area (Å²) in [7, 11) is 1.31. The Labute approximate surface area is 142 Å². The van der Waals surface area contributed by atoms with Crippen LogP contribution in [-0.2, 0) is 4.79 Å². The Bertz CT molecular complexity index is 816. The first-order valence-electron chi connectivity index (χ1n) is 7.09. The van der Waals surface area contributed by atoms with Gasteiger partial charge in [-0.05, 0) is 42.5 Å². The predicted molar refractivity (Wildman–Crippen MR) is 85.2 cm³/mol. The van der Waals surface area contributed by atoms with Gasteiger partial charge in [-0.15, -0.1) is 0 Å². The predicted octanol–water partition coefficient (Wildman–Crippen LogP) is 1.55. The van der Waals surface area contributed by atoms with Gasteiger partial charge in [0.1, 0.15) is 5.75 Å². The number of hydrogen-bond donors (Lipinski definition) is 2. The number of amides is 2. The number of benzene rings is 2. The number of halogens is 1. The van der Waals surface area contributed by atoms with Gasteiger partial charge >= 0.3 is 0 Å². The van der Waals surface area contributed by atoms with E-state index in [9.17, 15) is 14.0 Å². The highest BCUT2D eigenvalue weighted by atomic mass is 19.1. The van der Waals surface area contributed by atoms with Crippen molar-refractivity contribution in [3.8, 4) is 17.6 Å². The second-order valence-electron chi connectivity index (χ2n) is 4.78. The molecule has 0 aliphatic heterocycles. The van der Waals surface area contributed by atoms with Gasteiger partial charge in [-0.2, -0.15) is 5.26 Å². The molecule has 8 heteroatoms. The van der Waals surface area contributed by atoms with Crippen LogP contribution in [0.15, 0.2) is 42.5 Å². The zero-order chi connectivity index (χ0) is 18.2. The maximum Gasteiger partial charge on any atom is 0.276 e. The van der Waals surface area contributed by atoms with Gasteiger partial charge in [0.2, 0.25) is 0 Å². The molecule has 0 aromatic heterocycles. The molecule has 2 N–H and O–H groups in total. The number of carbonyl (C=O) groups excluding carboxylic acids is 2. The van der Waals surface area contributed by atoms with Crippen molar-refractivity contribution in [2.24, 2.45) is 0 Å². The van der Waals surface area contributed by atoms with E-state index in [1.807, 2.05) is 6.07 Å². The number of hydrazine groups is 1. The normalized spacial score (nSPS) is 9.64. The average Bonchev–Trinajstić information content (AvgIpc) is 2.64. The summed E-state index contributed by atoms with van der Waals surface area (Å²) in [5, 5.41) is 8.68. The lowest BCUT2D eigenvalue weighted by atomic mass is 10.2. The largest absolute Gasteiger partial charge is 0.494 e. The van der Waals surface area contributed by atoms with E-state index < -0.39 is 17.6 Å². The minimum atomic E-state index is -0.689. The fourth-order valence-electron chi connectivity index (χ4n) is 1.82. The van der Waals surface area contributed by atoms with Gasteiger partial charge in [-0.1, -0.05) is 0 Å². The first kappa shape index (κ1) is 17.7. The number of methoxy groups -OCH3 is 1. The van der Waals surface area contributed by atoms with Gasteiger partial charge in [0.25, 0.3) is 11.8 Å². The summed E-state index contributed by atoms with van der Waals surface area (Å²) >= 11 is 0. The van der Waals surface area contributed by atoms with Crippen LogP contribution in [-0.4, -0.2) is 25.5 Å². The zero-order valence-electron chi connectivity index (χ0n) is 13.2. The Morgan fingerprint density at radius 3 is 2.48 bits per heavy atom. The Morgan fingerprint density at radius 2 is 1.88 bits per heavy atom. The van der Waals surface area contributed by atoms with Crippen LogP contribution in [0.2, 0.25) is 0 Å². The van der Waals surface area contributed by atoms with E-state index in [1.54, 1.807) is 24.3 Å². The molecule has 2 rings (SSSR count). The molecule has 0 aliphatic carbocycles. The number of nitrogens with zero attached hydrogens (tertiary/aromatic N) is 1. The lowest BCUT2D eigenvalue weighted by molar-refractivity contribution is -0.123. The van der Waals surface area contributed by atoms with Crippen LogP contribution in [0, 0.1) is 17.1 Å². The lowest BCUT2D eigenvalue weighted by Crippen LogP contribution is -2.43. The second-order valence-corrected chi connectivity index (χ2v) is 4.78. The Kier molecular flexibility index (Phi) is 5.90. The van der Waals surface area contributed by atoms with Crippen molar-refractivity contribution >= 4 is 11.8 Å². The van der Waals surface area contributed by atoms with Gasteiger partial charge in [-0.25, -0.2) is 4.39 Å². The molecule has 0 spiro atoms. The van der Waals surface area contributed by atoms with Gasteiger partial charge in [-0.3, -0.25) is 20.4 Å². The van der Waals surface area contributed by atoms with Crippen LogP contribution in [0.25, 0.3) is 0 Å². The number of rotatable bonds is 5. The summed E-state index contributed by atoms with van der Waals surface area (Å²) in [6.07, 6.45) is 0. The summed E-state index contributed by atoms with van der Waals surface area (Å²) < 4.78 is 23.5. The number of nitriles is 1. The third-order valence-corrected chi connectivity index (χ3v) is 3.08. The highest BCUT2D eigenvalue weighted by Gasteiger charge is 2.11. The molecule has 2 aromatic carbocycles. The molecule has 128 valence electrons. The molecule has 0 saturated heterocycles. The van der Waals surface area contributed by atoms with Crippen LogP contribution in [0.5, 0.6) is 11.5 Å². The standard InChI is InChI=1S/C17H14FN3O4/c1-24-15-7-4-12(8-14(15)18)17(23)21-20-16(22)10-25-13-5-2-11(9-19)3-6-13/h2-8H,10H2,1H3,(H,20,22)(H,21,23). The van der Waals surface area contributed by atoms with Gasteiger partial charge in [0.05, 0.1) is 18.7 Å². The molecule has 0 atom stereocenters. The van der Waals surface area contributed by atoms with E-state index in [0.29, 0.717) is 11.3 Å². The molecule has 0 bridgehead atoms. The molecule has 2 aromatic rings. The van der Waals surface area contributed by atoms with Crippen molar-refractivity contribution in [2.45, 2.75) is 0 Å². The Morgan fingerprint density at radius 1 is 1.16 bits per heavy atom. The van der Waals surface area contributed by atoms with Crippen LogP contribution < -0.4 is 20.3 Å². The molecule has 0 aliphatic rings. The highest BCUT2D eigenvalue weighted by molar-refractivity contribution is 5.95. The SMILES string of the molecule is COc1ccc(C(=O)NNC(=O)COc2ccc(C#N)cc2)cc1F. The molecule has 0 fully saturated rings. The van der Waals surface area contributed by atoms with Crippen molar-refractivity contribution in [1.82, 2.24) is 10.9 Å². The average molecular weight is 343 g/mol. The molecule has 0 radical (unpaired) electrons. The Hall–Kier alpha value is -3.60. The second kappa shape index (κ2) is 8.31. The summed E-state index contributed by atoms with van der Waals surface area (Å²) in [6, 6.07) is 11.8. The van der Waals surface area contributed by atoms with Crippen molar-refractivity contribution in [3.05, 3.63) is 59.4 Å². The fraction of sp³-hybridized carbons (Fsp3) is 0.118. The van der Waals surface area contributed by atoms with Gasteiger partial charge in [0, 0.05) is 5.56 Å². The minimum Gasteiger partial charge on any atom is -0.494 e. The Balaban J connectivity index is 1.81. The first-order chi connectivity index (χ1) is 12.0. The first-order valence-corrected chi connectivity index (χ1v) is 7.09. The van der Waals surface area contributed by atoms with E-state index in [-0.39, 0.29) is 17.9 Å². The number of carbonyl (C=O) groups is 2. The quantitative estimate of drug-likeness (QED) is 0.802. The molecular weight excluding hydrogens is 329 g/mol. The van der Waals surface area contributed by atoms with E-state index in [2.05, 4.69) is 10.9 Å². The smallest absolute Gasteiger partial charge is 0.276 e. The monoisotopic (exact) mass is 343 g/mol. The molecule has 25 heavy (non-hydrogen) atoms. The number of ether oxygens (including phenoxy) is 2. The minimum absolute atomic E-state index is 0.0106. The lowest BCUT2D eigenvalue weighted by Gasteiger charge is -2.09. The highest BCUT2D eigenvalue weighted by Crippen LogP contribution is 2.17. The van der Waals surface area contributed by atoms with Crippen molar-refractivity contribution in [2.75, 3.05) is 13.7 Å². The van der Waals surface area contributed by atoms with Gasteiger partial charge in [0.15, 0.2) is 18.2 Å². The van der Waals surface area contributed by atoms with E-state index in [4.69, 9.17) is 14.7 Å². The topological polar surface area (TPSA) is 100 Å².